The normalized spacial score (nSPS) is 9.60. The summed E-state index contributed by atoms with van der Waals surface area (Å²) in [5.74, 6) is -1.57. The summed E-state index contributed by atoms with van der Waals surface area (Å²) in [7, 11) is 1.26. The van der Waals surface area contributed by atoms with E-state index >= 15 is 0 Å². The molecule has 0 aliphatic heterocycles. The van der Waals surface area contributed by atoms with Crippen LogP contribution in [0.4, 0.5) is 11.4 Å². The lowest BCUT2D eigenvalue weighted by Gasteiger charge is -2.08. The molecule has 0 spiro atoms. The van der Waals surface area contributed by atoms with Gasteiger partial charge in [0.15, 0.2) is 0 Å². The molecule has 0 aliphatic carbocycles. The SMILES string of the molecule is COC(=O)c1cccc(NC(=O)CC(=O)Nc2cccc(C#N)c2)c1. The first-order chi connectivity index (χ1) is 12.0. The zero-order chi connectivity index (χ0) is 18.2. The van der Waals surface area contributed by atoms with E-state index in [4.69, 9.17) is 5.26 Å². The molecule has 0 aromatic heterocycles. The monoisotopic (exact) mass is 337 g/mol. The van der Waals surface area contributed by atoms with E-state index in [1.807, 2.05) is 6.07 Å². The average molecular weight is 337 g/mol. The average Bonchev–Trinajstić information content (AvgIpc) is 2.61. The second-order valence-corrected chi connectivity index (χ2v) is 5.04. The van der Waals surface area contributed by atoms with E-state index in [1.54, 1.807) is 36.4 Å². The van der Waals surface area contributed by atoms with Gasteiger partial charge in [-0.25, -0.2) is 4.79 Å². The number of carbonyl (C=O) groups excluding carboxylic acids is 3. The topological polar surface area (TPSA) is 108 Å². The Kier molecular flexibility index (Phi) is 5.85. The predicted molar refractivity (Wildman–Crippen MR) is 90.8 cm³/mol. The van der Waals surface area contributed by atoms with Gasteiger partial charge < -0.3 is 15.4 Å². The first kappa shape index (κ1) is 17.7. The van der Waals surface area contributed by atoms with Gasteiger partial charge in [0.1, 0.15) is 6.42 Å². The van der Waals surface area contributed by atoms with E-state index in [2.05, 4.69) is 15.4 Å². The van der Waals surface area contributed by atoms with Crippen LogP contribution in [0.3, 0.4) is 0 Å². The van der Waals surface area contributed by atoms with Crippen molar-refractivity contribution in [2.75, 3.05) is 17.7 Å². The molecule has 0 aliphatic rings. The van der Waals surface area contributed by atoms with Crippen LogP contribution in [-0.4, -0.2) is 24.9 Å². The summed E-state index contributed by atoms with van der Waals surface area (Å²) in [6.07, 6.45) is -0.404. The third kappa shape index (κ3) is 5.18. The van der Waals surface area contributed by atoms with E-state index < -0.39 is 24.2 Å². The minimum atomic E-state index is -0.532. The van der Waals surface area contributed by atoms with Gasteiger partial charge >= 0.3 is 5.97 Å². The molecule has 0 saturated carbocycles. The molecular formula is C18H15N3O4. The lowest BCUT2D eigenvalue weighted by Crippen LogP contribution is -2.21. The molecule has 7 heteroatoms. The van der Waals surface area contributed by atoms with Gasteiger partial charge in [-0.1, -0.05) is 12.1 Å². The Morgan fingerprint density at radius 3 is 2.20 bits per heavy atom. The zero-order valence-electron chi connectivity index (χ0n) is 13.4. The molecule has 0 bridgehead atoms. The second kappa shape index (κ2) is 8.26. The maximum atomic E-state index is 11.9. The number of amides is 2. The number of nitrogens with one attached hydrogen (secondary N) is 2. The Hall–Kier alpha value is -3.66. The van der Waals surface area contributed by atoms with Gasteiger partial charge in [0.2, 0.25) is 11.8 Å². The van der Waals surface area contributed by atoms with E-state index in [0.717, 1.165) is 0 Å². The number of hydrogen-bond acceptors (Lipinski definition) is 5. The largest absolute Gasteiger partial charge is 0.465 e. The molecule has 0 atom stereocenters. The molecule has 0 heterocycles. The van der Waals surface area contributed by atoms with Crippen LogP contribution in [-0.2, 0) is 14.3 Å². The van der Waals surface area contributed by atoms with Crippen molar-refractivity contribution >= 4 is 29.2 Å². The van der Waals surface area contributed by atoms with Gasteiger partial charge in [0, 0.05) is 11.4 Å². The Bertz CT molecular complexity index is 855. The number of hydrogen-bond donors (Lipinski definition) is 2. The number of ether oxygens (including phenoxy) is 1. The van der Waals surface area contributed by atoms with Gasteiger partial charge in [-0.3, -0.25) is 9.59 Å². The van der Waals surface area contributed by atoms with Crippen molar-refractivity contribution in [1.82, 2.24) is 0 Å². The molecule has 2 N–H and O–H groups in total. The predicted octanol–water partition coefficient (Wildman–Crippen LogP) is 2.31. The van der Waals surface area contributed by atoms with Crippen molar-refractivity contribution in [3.63, 3.8) is 0 Å². The maximum absolute atomic E-state index is 11.9. The highest BCUT2D eigenvalue weighted by Gasteiger charge is 2.12. The molecule has 0 saturated heterocycles. The summed E-state index contributed by atoms with van der Waals surface area (Å²) in [5.41, 5.74) is 1.51. The number of carbonyl (C=O) groups is 3. The number of benzene rings is 2. The third-order valence-electron chi connectivity index (χ3n) is 3.16. The zero-order valence-corrected chi connectivity index (χ0v) is 13.4. The number of anilines is 2. The van der Waals surface area contributed by atoms with Gasteiger partial charge in [-0.15, -0.1) is 0 Å². The number of methoxy groups -OCH3 is 1. The van der Waals surface area contributed by atoms with Gasteiger partial charge in [-0.2, -0.15) is 5.26 Å². The Balaban J connectivity index is 1.94. The van der Waals surface area contributed by atoms with Crippen LogP contribution in [0.2, 0.25) is 0 Å². The van der Waals surface area contributed by atoms with Crippen molar-refractivity contribution in [2.45, 2.75) is 6.42 Å². The molecule has 0 unspecified atom stereocenters. The van der Waals surface area contributed by atoms with E-state index in [9.17, 15) is 14.4 Å². The smallest absolute Gasteiger partial charge is 0.337 e. The summed E-state index contributed by atoms with van der Waals surface area (Å²) < 4.78 is 4.61. The molecule has 2 rings (SSSR count). The van der Waals surface area contributed by atoms with E-state index in [-0.39, 0.29) is 5.56 Å². The highest BCUT2D eigenvalue weighted by atomic mass is 16.5. The minimum absolute atomic E-state index is 0.290. The molecule has 0 fully saturated rings. The molecule has 7 nitrogen and oxygen atoms in total. The molecule has 25 heavy (non-hydrogen) atoms. The lowest BCUT2D eigenvalue weighted by atomic mass is 10.2. The van der Waals surface area contributed by atoms with Crippen LogP contribution in [0.25, 0.3) is 0 Å². The molecule has 2 aromatic carbocycles. The standard InChI is InChI=1S/C18H15N3O4/c1-25-18(24)13-5-3-7-15(9-13)21-17(23)10-16(22)20-14-6-2-4-12(8-14)11-19/h2-9H,10H2,1H3,(H,20,22)(H,21,23). The Morgan fingerprint density at radius 2 is 1.60 bits per heavy atom. The van der Waals surface area contributed by atoms with Crippen molar-refractivity contribution in [1.29, 1.82) is 5.26 Å². The molecule has 126 valence electrons. The fourth-order valence-electron chi connectivity index (χ4n) is 2.06. The molecule has 2 aromatic rings. The first-order valence-corrected chi connectivity index (χ1v) is 7.30. The summed E-state index contributed by atoms with van der Waals surface area (Å²) in [6, 6.07) is 14.5. The summed E-state index contributed by atoms with van der Waals surface area (Å²) in [5, 5.41) is 13.9. The fraction of sp³-hybridized carbons (Fsp3) is 0.111. The van der Waals surface area contributed by atoms with Crippen molar-refractivity contribution in [3.05, 3.63) is 59.7 Å². The minimum Gasteiger partial charge on any atom is -0.465 e. The van der Waals surface area contributed by atoms with Crippen LogP contribution in [0, 0.1) is 11.3 Å². The molecular weight excluding hydrogens is 322 g/mol. The quantitative estimate of drug-likeness (QED) is 0.643. The maximum Gasteiger partial charge on any atom is 0.337 e. The number of nitriles is 1. The van der Waals surface area contributed by atoms with Crippen LogP contribution in [0.1, 0.15) is 22.3 Å². The van der Waals surface area contributed by atoms with Gasteiger partial charge in [0.05, 0.1) is 24.3 Å². The number of esters is 1. The van der Waals surface area contributed by atoms with Crippen LogP contribution in [0.5, 0.6) is 0 Å². The molecule has 0 radical (unpaired) electrons. The van der Waals surface area contributed by atoms with Gasteiger partial charge in [0.25, 0.3) is 0 Å². The number of nitrogens with zero attached hydrogens (tertiary/aromatic N) is 1. The van der Waals surface area contributed by atoms with E-state index in [0.29, 0.717) is 16.9 Å². The van der Waals surface area contributed by atoms with Crippen molar-refractivity contribution < 1.29 is 19.1 Å². The highest BCUT2D eigenvalue weighted by molar-refractivity contribution is 6.08. The summed E-state index contributed by atoms with van der Waals surface area (Å²) >= 11 is 0. The van der Waals surface area contributed by atoms with E-state index in [1.165, 1.54) is 19.2 Å². The highest BCUT2D eigenvalue weighted by Crippen LogP contribution is 2.13. The second-order valence-electron chi connectivity index (χ2n) is 5.04. The third-order valence-corrected chi connectivity index (χ3v) is 3.16. The molecule has 2 amide bonds. The van der Waals surface area contributed by atoms with Crippen LogP contribution >= 0.6 is 0 Å². The summed E-state index contributed by atoms with van der Waals surface area (Å²) in [6.45, 7) is 0. The van der Waals surface area contributed by atoms with Crippen LogP contribution < -0.4 is 10.6 Å². The number of rotatable bonds is 5. The lowest BCUT2D eigenvalue weighted by molar-refractivity contribution is -0.123. The summed E-state index contributed by atoms with van der Waals surface area (Å²) in [4.78, 5) is 35.3. The fourth-order valence-corrected chi connectivity index (χ4v) is 2.06. The van der Waals surface area contributed by atoms with Gasteiger partial charge in [-0.05, 0) is 36.4 Å². The van der Waals surface area contributed by atoms with Crippen molar-refractivity contribution in [3.8, 4) is 6.07 Å². The van der Waals surface area contributed by atoms with Crippen molar-refractivity contribution in [2.24, 2.45) is 0 Å². The van der Waals surface area contributed by atoms with Crippen LogP contribution in [0.15, 0.2) is 48.5 Å². The first-order valence-electron chi connectivity index (χ1n) is 7.30. The Labute approximate surface area is 144 Å². The Morgan fingerprint density at radius 1 is 1.00 bits per heavy atom.